The van der Waals surface area contributed by atoms with Gasteiger partial charge in [0.25, 0.3) is 0 Å². The number of unbranched alkanes of at least 4 members (excludes halogenated alkanes) is 3. The summed E-state index contributed by atoms with van der Waals surface area (Å²) < 4.78 is 12.2. The normalized spacial score (nSPS) is 18.8. The lowest BCUT2D eigenvalue weighted by molar-refractivity contribution is -0.151. The van der Waals surface area contributed by atoms with Crippen LogP contribution in [0.1, 0.15) is 63.2 Å². The molecule has 0 N–H and O–H groups in total. The molecule has 1 aliphatic rings. The number of aliphatic imine (C=N–C) groups is 1. The van der Waals surface area contributed by atoms with Gasteiger partial charge in [-0.25, -0.2) is 9.79 Å². The van der Waals surface area contributed by atoms with Gasteiger partial charge >= 0.3 is 5.97 Å². The molecule has 0 unspecified atom stereocenters. The van der Waals surface area contributed by atoms with E-state index in [1.54, 1.807) is 0 Å². The first-order chi connectivity index (χ1) is 15.7. The zero-order valence-corrected chi connectivity index (χ0v) is 18.9. The van der Waals surface area contributed by atoms with Crippen molar-refractivity contribution in [2.75, 3.05) is 0 Å². The van der Waals surface area contributed by atoms with Crippen LogP contribution in [0.25, 0.3) is 10.8 Å². The van der Waals surface area contributed by atoms with Crippen molar-refractivity contribution in [2.24, 2.45) is 4.99 Å². The summed E-state index contributed by atoms with van der Waals surface area (Å²) in [5, 5.41) is 2.17. The zero-order chi connectivity index (χ0) is 22.3. The summed E-state index contributed by atoms with van der Waals surface area (Å²) in [6, 6.07) is 23.2. The highest BCUT2D eigenvalue weighted by molar-refractivity contribution is 5.99. The average molecular weight is 430 g/mol. The van der Waals surface area contributed by atoms with Crippen LogP contribution in [0.4, 0.5) is 0 Å². The molecule has 1 heterocycles. The van der Waals surface area contributed by atoms with Crippen molar-refractivity contribution in [3.63, 3.8) is 0 Å². The Hall–Kier alpha value is -3.14. The van der Waals surface area contributed by atoms with E-state index in [1.807, 2.05) is 61.5 Å². The molecule has 0 spiro atoms. The number of fused-ring (bicyclic) bond motifs is 1. The second-order valence-corrected chi connectivity index (χ2v) is 8.45. The quantitative estimate of drug-likeness (QED) is 0.283. The molecule has 0 aromatic heterocycles. The molecule has 3 aromatic rings. The van der Waals surface area contributed by atoms with E-state index in [0.717, 1.165) is 34.7 Å². The van der Waals surface area contributed by atoms with Crippen molar-refractivity contribution in [1.29, 1.82) is 0 Å². The summed E-state index contributed by atoms with van der Waals surface area (Å²) >= 11 is 0. The number of ether oxygens (including phenoxy) is 2. The molecule has 4 rings (SSSR count). The third-order valence-electron chi connectivity index (χ3n) is 5.96. The van der Waals surface area contributed by atoms with E-state index in [9.17, 15) is 4.79 Å². The number of hydrogen-bond donors (Lipinski definition) is 0. The van der Waals surface area contributed by atoms with Crippen molar-refractivity contribution < 1.29 is 14.3 Å². The van der Waals surface area contributed by atoms with Crippen molar-refractivity contribution in [3.8, 4) is 0 Å². The van der Waals surface area contributed by atoms with Crippen LogP contribution in [-0.2, 0) is 14.3 Å². The Morgan fingerprint density at radius 3 is 2.53 bits per heavy atom. The minimum atomic E-state index is -0.728. The lowest BCUT2D eigenvalue weighted by Crippen LogP contribution is -2.29. The van der Waals surface area contributed by atoms with Gasteiger partial charge in [0.15, 0.2) is 12.1 Å². The van der Waals surface area contributed by atoms with E-state index in [1.165, 1.54) is 19.3 Å². The van der Waals surface area contributed by atoms with Gasteiger partial charge < -0.3 is 9.47 Å². The van der Waals surface area contributed by atoms with Crippen molar-refractivity contribution >= 4 is 22.6 Å². The van der Waals surface area contributed by atoms with E-state index >= 15 is 0 Å². The van der Waals surface area contributed by atoms with Crippen LogP contribution in [0, 0.1) is 0 Å². The molecule has 166 valence electrons. The van der Waals surface area contributed by atoms with E-state index < -0.39 is 12.1 Å². The third-order valence-corrected chi connectivity index (χ3v) is 5.96. The first-order valence-electron chi connectivity index (χ1n) is 11.7. The highest BCUT2D eigenvalue weighted by Crippen LogP contribution is 2.36. The number of benzene rings is 3. The van der Waals surface area contributed by atoms with Gasteiger partial charge in [0, 0.05) is 11.1 Å². The van der Waals surface area contributed by atoms with Gasteiger partial charge in [-0.2, -0.15) is 0 Å². The van der Waals surface area contributed by atoms with Crippen LogP contribution in [0.5, 0.6) is 0 Å². The maximum absolute atomic E-state index is 13.2. The number of rotatable bonds is 9. The zero-order valence-electron chi connectivity index (χ0n) is 18.9. The second-order valence-electron chi connectivity index (χ2n) is 8.45. The predicted octanol–water partition coefficient (Wildman–Crippen LogP) is 6.63. The third kappa shape index (κ3) is 5.01. The average Bonchev–Trinajstić information content (AvgIpc) is 3.27. The first-order valence-corrected chi connectivity index (χ1v) is 11.7. The Bertz CT molecular complexity index is 1070. The second kappa shape index (κ2) is 10.4. The van der Waals surface area contributed by atoms with Gasteiger partial charge in [0.2, 0.25) is 5.90 Å². The van der Waals surface area contributed by atoms with Crippen LogP contribution in [0.15, 0.2) is 77.8 Å². The summed E-state index contributed by atoms with van der Waals surface area (Å²) in [7, 11) is 0. The first kappa shape index (κ1) is 22.1. The van der Waals surface area contributed by atoms with Crippen LogP contribution in [-0.4, -0.2) is 24.0 Å². The fourth-order valence-corrected chi connectivity index (χ4v) is 4.23. The fourth-order valence-electron chi connectivity index (χ4n) is 4.23. The van der Waals surface area contributed by atoms with Crippen LogP contribution >= 0.6 is 0 Å². The molecule has 3 atom stereocenters. The smallest absolute Gasteiger partial charge is 0.335 e. The summed E-state index contributed by atoms with van der Waals surface area (Å²) in [6.07, 6.45) is 4.85. The molecular formula is C28H31NO3. The number of carbonyl (C=O) groups excluding carboxylic acids is 1. The molecule has 32 heavy (non-hydrogen) atoms. The van der Waals surface area contributed by atoms with Crippen molar-refractivity contribution in [3.05, 3.63) is 83.9 Å². The Morgan fingerprint density at radius 2 is 1.72 bits per heavy atom. The molecule has 1 aliphatic heterocycles. The molecule has 4 nitrogen and oxygen atoms in total. The Balaban J connectivity index is 1.59. The Morgan fingerprint density at radius 1 is 0.969 bits per heavy atom. The summed E-state index contributed by atoms with van der Waals surface area (Å²) in [5.41, 5.74) is 1.82. The molecular weight excluding hydrogens is 398 g/mol. The lowest BCUT2D eigenvalue weighted by Gasteiger charge is -2.21. The topological polar surface area (TPSA) is 47.9 Å². The maximum atomic E-state index is 13.2. The summed E-state index contributed by atoms with van der Waals surface area (Å²) in [5.74, 6) is 0.165. The monoisotopic (exact) mass is 429 g/mol. The minimum absolute atomic E-state index is 0.136. The van der Waals surface area contributed by atoms with Crippen molar-refractivity contribution in [1.82, 2.24) is 0 Å². The van der Waals surface area contributed by atoms with Crippen LogP contribution in [0.3, 0.4) is 0 Å². The summed E-state index contributed by atoms with van der Waals surface area (Å²) in [6.45, 7) is 4.16. The van der Waals surface area contributed by atoms with Gasteiger partial charge in [-0.1, -0.05) is 86.8 Å². The van der Waals surface area contributed by atoms with Gasteiger partial charge in [-0.15, -0.1) is 0 Å². The van der Waals surface area contributed by atoms with Crippen molar-refractivity contribution in [2.45, 2.75) is 64.2 Å². The van der Waals surface area contributed by atoms with Gasteiger partial charge in [0.1, 0.15) is 0 Å². The molecule has 0 amide bonds. The highest BCUT2D eigenvalue weighted by Gasteiger charge is 2.40. The predicted molar refractivity (Wildman–Crippen MR) is 129 cm³/mol. The number of hydrogen-bond acceptors (Lipinski definition) is 4. The van der Waals surface area contributed by atoms with Gasteiger partial charge in [-0.3, -0.25) is 0 Å². The Labute approximate surface area is 190 Å². The van der Waals surface area contributed by atoms with Crippen LogP contribution < -0.4 is 0 Å². The minimum Gasteiger partial charge on any atom is -0.466 e. The molecule has 0 aliphatic carbocycles. The highest BCUT2D eigenvalue weighted by atomic mass is 16.6. The summed E-state index contributed by atoms with van der Waals surface area (Å²) in [4.78, 5) is 17.9. The maximum Gasteiger partial charge on any atom is 0.335 e. The SMILES string of the molecule is CCCCCC[C@H](C)OC(=O)[C@H]1N=C(c2ccccc2)O[C@@H]1c1cccc2ccccc12. The van der Waals surface area contributed by atoms with Gasteiger partial charge in [-0.05, 0) is 42.7 Å². The fraction of sp³-hybridized carbons (Fsp3) is 0.357. The van der Waals surface area contributed by atoms with Gasteiger partial charge in [0.05, 0.1) is 6.10 Å². The molecule has 3 aromatic carbocycles. The number of carbonyl (C=O) groups is 1. The largest absolute Gasteiger partial charge is 0.466 e. The molecule has 0 saturated heterocycles. The molecule has 0 saturated carbocycles. The lowest BCUT2D eigenvalue weighted by atomic mass is 9.96. The van der Waals surface area contributed by atoms with E-state index in [4.69, 9.17) is 14.5 Å². The van der Waals surface area contributed by atoms with E-state index in [2.05, 4.69) is 25.1 Å². The van der Waals surface area contributed by atoms with E-state index in [0.29, 0.717) is 5.90 Å². The molecule has 0 fully saturated rings. The molecule has 0 bridgehead atoms. The molecule has 4 heteroatoms. The number of nitrogens with zero attached hydrogens (tertiary/aromatic N) is 1. The van der Waals surface area contributed by atoms with Crippen LogP contribution in [0.2, 0.25) is 0 Å². The Kier molecular flexibility index (Phi) is 7.21. The number of esters is 1. The standard InChI is InChI=1S/C28H31NO3/c1-3-4-5-7-13-20(2)31-28(30)25-26(32-27(29-25)22-15-8-6-9-16-22)24-19-12-17-21-14-10-11-18-23(21)24/h6,8-12,14-20,25-26H,3-5,7,13H2,1-2H3/t20-,25-,26+/m0/s1. The molecule has 0 radical (unpaired) electrons. The van der Waals surface area contributed by atoms with E-state index in [-0.39, 0.29) is 12.1 Å².